The van der Waals surface area contributed by atoms with Crippen molar-refractivity contribution in [1.29, 1.82) is 0 Å². The fourth-order valence-electron chi connectivity index (χ4n) is 4.93. The maximum absolute atomic E-state index is 14.1. The van der Waals surface area contributed by atoms with Crippen LogP contribution in [0.1, 0.15) is 49.8 Å². The van der Waals surface area contributed by atoms with Gasteiger partial charge < -0.3 is 10.2 Å². The van der Waals surface area contributed by atoms with Gasteiger partial charge in [-0.1, -0.05) is 79.9 Å². The van der Waals surface area contributed by atoms with Gasteiger partial charge in [-0.15, -0.1) is 0 Å². The van der Waals surface area contributed by atoms with Crippen LogP contribution in [0.4, 0.5) is 11.4 Å². The van der Waals surface area contributed by atoms with E-state index in [0.29, 0.717) is 6.54 Å². The number of hydrogen-bond acceptors (Lipinski definition) is 4. The molecule has 1 N–H and O–H groups in total. The van der Waals surface area contributed by atoms with Crippen molar-refractivity contribution in [2.75, 3.05) is 24.0 Å². The first-order valence-electron chi connectivity index (χ1n) is 12.9. The first-order valence-corrected chi connectivity index (χ1v) is 12.9. The van der Waals surface area contributed by atoms with Crippen molar-refractivity contribution in [2.24, 2.45) is 11.0 Å². The van der Waals surface area contributed by atoms with Gasteiger partial charge in [-0.25, -0.2) is 5.01 Å². The maximum Gasteiger partial charge on any atom is 0.248 e. The molecule has 0 saturated carbocycles. The Hall–Kier alpha value is -3.60. The molecule has 1 heterocycles. The largest absolute Gasteiger partial charge is 0.378 e. The minimum Gasteiger partial charge on any atom is -0.378 e. The Morgan fingerprint density at radius 2 is 1.67 bits per heavy atom. The smallest absolute Gasteiger partial charge is 0.248 e. The number of hydrazone groups is 1. The van der Waals surface area contributed by atoms with Gasteiger partial charge in [0, 0.05) is 32.2 Å². The van der Waals surface area contributed by atoms with Crippen molar-refractivity contribution < 1.29 is 4.79 Å². The normalized spacial score (nSPS) is 19.2. The second-order valence-electron chi connectivity index (χ2n) is 10.1. The molecule has 0 radical (unpaired) electrons. The number of anilines is 2. The minimum absolute atomic E-state index is 0.00463. The topological polar surface area (TPSA) is 47.9 Å². The molecule has 0 bridgehead atoms. The summed E-state index contributed by atoms with van der Waals surface area (Å²) in [5, 5.41) is 10.3. The Bertz CT molecular complexity index is 1190. The monoisotopic (exact) mass is 482 g/mol. The molecule has 5 nitrogen and oxygen atoms in total. The number of nitrogens with zero attached hydrogens (tertiary/aromatic N) is 3. The first-order chi connectivity index (χ1) is 17.3. The van der Waals surface area contributed by atoms with Crippen molar-refractivity contribution >= 4 is 23.0 Å². The molecule has 188 valence electrons. The number of carbonyl (C=O) groups excluding carboxylic acids is 1. The summed E-state index contributed by atoms with van der Waals surface area (Å²) >= 11 is 0. The van der Waals surface area contributed by atoms with Gasteiger partial charge in [-0.2, -0.15) is 5.10 Å². The van der Waals surface area contributed by atoms with Crippen molar-refractivity contribution in [1.82, 2.24) is 5.32 Å². The lowest BCUT2D eigenvalue weighted by Gasteiger charge is -2.37. The van der Waals surface area contributed by atoms with Gasteiger partial charge in [0.1, 0.15) is 5.54 Å². The number of rotatable bonds is 9. The van der Waals surface area contributed by atoms with Crippen LogP contribution in [-0.2, 0) is 11.3 Å². The lowest BCUT2D eigenvalue weighted by atomic mass is 9.76. The fraction of sp³-hybridized carbons (Fsp3) is 0.355. The highest BCUT2D eigenvalue weighted by molar-refractivity contribution is 6.10. The van der Waals surface area contributed by atoms with E-state index < -0.39 is 5.54 Å². The number of aryl methyl sites for hydroxylation is 1. The van der Waals surface area contributed by atoms with E-state index in [9.17, 15) is 4.79 Å². The molecule has 0 aliphatic carbocycles. The van der Waals surface area contributed by atoms with Crippen LogP contribution >= 0.6 is 0 Å². The van der Waals surface area contributed by atoms with E-state index in [1.807, 2.05) is 49.4 Å². The van der Waals surface area contributed by atoms with Gasteiger partial charge in [0.25, 0.3) is 0 Å². The quantitative estimate of drug-likeness (QED) is 0.397. The van der Waals surface area contributed by atoms with Crippen LogP contribution < -0.4 is 15.2 Å². The number of carbonyl (C=O) groups is 1. The van der Waals surface area contributed by atoms with Crippen molar-refractivity contribution in [2.45, 2.75) is 52.1 Å². The summed E-state index contributed by atoms with van der Waals surface area (Å²) in [4.78, 5) is 16.1. The number of amides is 1. The van der Waals surface area contributed by atoms with Crippen LogP contribution in [0.2, 0.25) is 0 Å². The Morgan fingerprint density at radius 1 is 1.00 bits per heavy atom. The zero-order valence-electron chi connectivity index (χ0n) is 22.2. The van der Waals surface area contributed by atoms with E-state index >= 15 is 0 Å². The van der Waals surface area contributed by atoms with Gasteiger partial charge in [-0.3, -0.25) is 4.79 Å². The number of para-hydroxylation sites is 1. The van der Waals surface area contributed by atoms with E-state index in [2.05, 4.69) is 79.5 Å². The second-order valence-corrected chi connectivity index (χ2v) is 10.1. The van der Waals surface area contributed by atoms with Gasteiger partial charge in [0.2, 0.25) is 5.91 Å². The molecule has 1 amide bonds. The predicted octanol–water partition coefficient (Wildman–Crippen LogP) is 6.17. The molecule has 0 saturated heterocycles. The number of hydrogen-bond donors (Lipinski definition) is 1. The fourth-order valence-corrected chi connectivity index (χ4v) is 4.93. The average Bonchev–Trinajstić information content (AvgIpc) is 3.20. The summed E-state index contributed by atoms with van der Waals surface area (Å²) in [6, 6.07) is 26.9. The van der Waals surface area contributed by atoms with E-state index in [0.717, 1.165) is 47.5 Å². The van der Waals surface area contributed by atoms with Crippen LogP contribution in [0.15, 0.2) is 84.0 Å². The van der Waals surface area contributed by atoms with Gasteiger partial charge in [0.15, 0.2) is 0 Å². The Morgan fingerprint density at radius 3 is 2.28 bits per heavy atom. The molecule has 2 unspecified atom stereocenters. The summed E-state index contributed by atoms with van der Waals surface area (Å²) in [6.45, 7) is 6.82. The maximum atomic E-state index is 14.1. The van der Waals surface area contributed by atoms with Crippen LogP contribution in [-0.4, -0.2) is 31.3 Å². The molecule has 1 aliphatic rings. The molecule has 5 heteroatoms. The molecule has 4 rings (SSSR count). The van der Waals surface area contributed by atoms with Gasteiger partial charge in [-0.05, 0) is 55.7 Å². The third-order valence-corrected chi connectivity index (χ3v) is 7.22. The van der Waals surface area contributed by atoms with Crippen molar-refractivity contribution in [3.63, 3.8) is 0 Å². The molecule has 0 spiro atoms. The van der Waals surface area contributed by atoms with E-state index in [4.69, 9.17) is 5.10 Å². The molecule has 0 fully saturated rings. The number of unbranched alkanes of at least 4 members (excludes halogenated alkanes) is 1. The molecule has 3 aromatic rings. The third kappa shape index (κ3) is 5.15. The zero-order valence-corrected chi connectivity index (χ0v) is 22.2. The lowest BCUT2D eigenvalue weighted by Crippen LogP contribution is -2.57. The van der Waals surface area contributed by atoms with Gasteiger partial charge >= 0.3 is 0 Å². The van der Waals surface area contributed by atoms with E-state index in [1.54, 1.807) is 0 Å². The average molecular weight is 483 g/mol. The molecule has 3 aromatic carbocycles. The van der Waals surface area contributed by atoms with Crippen LogP contribution in [0.3, 0.4) is 0 Å². The zero-order chi connectivity index (χ0) is 25.7. The van der Waals surface area contributed by atoms with E-state index in [1.165, 1.54) is 5.56 Å². The van der Waals surface area contributed by atoms with Crippen LogP contribution in [0, 0.1) is 12.8 Å². The predicted molar refractivity (Wildman–Crippen MR) is 151 cm³/mol. The number of benzene rings is 3. The molecular weight excluding hydrogens is 444 g/mol. The summed E-state index contributed by atoms with van der Waals surface area (Å²) in [6.07, 6.45) is 3.00. The lowest BCUT2D eigenvalue weighted by molar-refractivity contribution is -0.127. The highest BCUT2D eigenvalue weighted by atomic mass is 16.2. The highest BCUT2D eigenvalue weighted by Crippen LogP contribution is 2.41. The Labute approximate surface area is 215 Å². The molecule has 36 heavy (non-hydrogen) atoms. The molecule has 2 atom stereocenters. The molecule has 0 aromatic heterocycles. The Balaban J connectivity index is 1.68. The highest BCUT2D eigenvalue weighted by Gasteiger charge is 2.53. The summed E-state index contributed by atoms with van der Waals surface area (Å²) < 4.78 is 0. The van der Waals surface area contributed by atoms with Crippen molar-refractivity contribution in [3.8, 4) is 0 Å². The summed E-state index contributed by atoms with van der Waals surface area (Å²) in [7, 11) is 4.05. The first kappa shape index (κ1) is 25.5. The third-order valence-electron chi connectivity index (χ3n) is 7.22. The molecule has 1 aliphatic heterocycles. The standard InChI is InChI=1S/C31H38N4O/c1-6-7-13-28-29(25-18-14-23(2)15-19-25)33-35(27-11-9-8-10-12-27)31(28,3)30(36)32-22-24-16-20-26(21-17-24)34(4)5/h8-12,14-21,28H,6-7,13,22H2,1-5H3,(H,32,36). The van der Waals surface area contributed by atoms with Crippen LogP contribution in [0.25, 0.3) is 0 Å². The van der Waals surface area contributed by atoms with Crippen LogP contribution in [0.5, 0.6) is 0 Å². The SMILES string of the molecule is CCCCC1C(c2ccc(C)cc2)=NN(c2ccccc2)C1(C)C(=O)NCc1ccc(N(C)C)cc1. The van der Waals surface area contributed by atoms with Crippen molar-refractivity contribution in [3.05, 3.63) is 95.6 Å². The van der Waals surface area contributed by atoms with Gasteiger partial charge in [0.05, 0.1) is 11.4 Å². The Kier molecular flexibility index (Phi) is 7.78. The minimum atomic E-state index is -0.847. The van der Waals surface area contributed by atoms with E-state index in [-0.39, 0.29) is 11.8 Å². The summed E-state index contributed by atoms with van der Waals surface area (Å²) in [5.74, 6) is -0.0357. The summed E-state index contributed by atoms with van der Waals surface area (Å²) in [5.41, 5.74) is 5.57. The number of nitrogens with one attached hydrogen (secondary N) is 1. The second kappa shape index (κ2) is 11.0. The molecular formula is C31H38N4O.